The largest absolute Gasteiger partial charge is 0.229 e. The van der Waals surface area contributed by atoms with Gasteiger partial charge in [-0.25, -0.2) is 7.94 Å². The summed E-state index contributed by atoms with van der Waals surface area (Å²) in [5.41, 5.74) is 0.990. The number of aromatic nitrogens is 1. The van der Waals surface area contributed by atoms with Gasteiger partial charge < -0.3 is 0 Å². The van der Waals surface area contributed by atoms with Crippen LogP contribution in [-0.2, 0) is 0 Å². The molecule has 2 nitrogen and oxygen atoms in total. The minimum atomic E-state index is 0.832. The van der Waals surface area contributed by atoms with E-state index in [-0.39, 0.29) is 0 Å². The highest BCUT2D eigenvalue weighted by molar-refractivity contribution is 9.25. The molecule has 0 aliphatic heterocycles. The third-order valence-corrected chi connectivity index (χ3v) is 2.48. The first-order chi connectivity index (χ1) is 6.27. The molecule has 1 aromatic heterocycles. The molecule has 0 bridgehead atoms. The molecule has 2 aromatic rings. The average Bonchev–Trinajstić information content (AvgIpc) is 2.17. The van der Waals surface area contributed by atoms with Crippen LogP contribution in [0, 0.1) is 0 Å². The lowest BCUT2D eigenvalue weighted by Crippen LogP contribution is -1.93. The van der Waals surface area contributed by atoms with Gasteiger partial charge in [0, 0.05) is 5.39 Å². The molecule has 0 radical (unpaired) electrons. The summed E-state index contributed by atoms with van der Waals surface area (Å²) in [5.74, 6) is 0.832. The fraction of sp³-hybridized carbons (Fsp3) is 0. The molecule has 0 amide bonds. The number of rotatable bonds is 1. The summed E-state index contributed by atoms with van der Waals surface area (Å²) in [4.78, 5) is 4.41. The van der Waals surface area contributed by atoms with Gasteiger partial charge in [0.25, 0.3) is 0 Å². The zero-order chi connectivity index (χ0) is 9.26. The molecule has 2 rings (SSSR count). The van der Waals surface area contributed by atoms with E-state index in [0.717, 1.165) is 16.7 Å². The van der Waals surface area contributed by atoms with Crippen molar-refractivity contribution in [1.82, 2.24) is 4.98 Å². The van der Waals surface area contributed by atoms with E-state index in [1.165, 1.54) is 0 Å². The molecule has 0 saturated carbocycles. The molecule has 0 atom stereocenters. The molecular weight excluding hydrogens is 296 g/mol. The van der Waals surface area contributed by atoms with Crippen molar-refractivity contribution in [2.45, 2.75) is 0 Å². The molecule has 0 N–H and O–H groups in total. The van der Waals surface area contributed by atoms with Crippen LogP contribution in [0.15, 0.2) is 36.4 Å². The molecule has 13 heavy (non-hydrogen) atoms. The van der Waals surface area contributed by atoms with E-state index in [4.69, 9.17) is 0 Å². The van der Waals surface area contributed by atoms with Gasteiger partial charge in [-0.2, -0.15) is 0 Å². The van der Waals surface area contributed by atoms with Gasteiger partial charge in [-0.3, -0.25) is 0 Å². The second kappa shape index (κ2) is 3.64. The molecule has 0 saturated heterocycles. The van der Waals surface area contributed by atoms with Crippen LogP contribution in [0.1, 0.15) is 0 Å². The second-order valence-electron chi connectivity index (χ2n) is 2.60. The number of nitrogens with zero attached hydrogens (tertiary/aromatic N) is 2. The van der Waals surface area contributed by atoms with Crippen molar-refractivity contribution in [3.05, 3.63) is 36.4 Å². The average molecular weight is 302 g/mol. The Balaban J connectivity index is 2.62. The summed E-state index contributed by atoms with van der Waals surface area (Å²) in [6.45, 7) is 0. The quantitative estimate of drug-likeness (QED) is 0.747. The zero-order valence-electron chi connectivity index (χ0n) is 6.61. The number of hydrogen-bond acceptors (Lipinski definition) is 2. The van der Waals surface area contributed by atoms with Gasteiger partial charge >= 0.3 is 0 Å². The predicted octanol–water partition coefficient (Wildman–Crippen LogP) is 3.66. The maximum Gasteiger partial charge on any atom is 0.149 e. The lowest BCUT2D eigenvalue weighted by Gasteiger charge is -2.05. The number of anilines is 1. The minimum absolute atomic E-state index is 0.832. The smallest absolute Gasteiger partial charge is 0.149 e. The molecule has 4 heteroatoms. The van der Waals surface area contributed by atoms with Crippen LogP contribution in [0.5, 0.6) is 0 Å². The van der Waals surface area contributed by atoms with Crippen LogP contribution in [0.4, 0.5) is 5.82 Å². The van der Waals surface area contributed by atoms with E-state index < -0.39 is 0 Å². The van der Waals surface area contributed by atoms with Crippen LogP contribution in [0.3, 0.4) is 0 Å². The van der Waals surface area contributed by atoms with Crippen LogP contribution in [0.25, 0.3) is 10.9 Å². The number of para-hydroxylation sites is 1. The van der Waals surface area contributed by atoms with Crippen molar-refractivity contribution in [2.24, 2.45) is 0 Å². The van der Waals surface area contributed by atoms with Crippen molar-refractivity contribution < 1.29 is 0 Å². The Morgan fingerprint density at radius 3 is 2.54 bits per heavy atom. The second-order valence-corrected chi connectivity index (χ2v) is 4.97. The van der Waals surface area contributed by atoms with Crippen LogP contribution < -0.4 is 2.95 Å². The molecule has 0 fully saturated rings. The standard InChI is InChI=1S/C9H6Br2N2/c10-13(11)9-6-5-7-3-1-2-4-8(7)12-9/h1-6H. The first kappa shape index (κ1) is 8.97. The Bertz CT molecular complexity index is 429. The van der Waals surface area contributed by atoms with Crippen molar-refractivity contribution in [2.75, 3.05) is 2.95 Å². The number of hydrogen-bond donors (Lipinski definition) is 0. The van der Waals surface area contributed by atoms with E-state index >= 15 is 0 Å². The van der Waals surface area contributed by atoms with E-state index in [1.807, 2.05) is 36.4 Å². The van der Waals surface area contributed by atoms with Crippen LogP contribution in [-0.4, -0.2) is 4.98 Å². The van der Waals surface area contributed by atoms with E-state index in [0.29, 0.717) is 0 Å². The van der Waals surface area contributed by atoms with Crippen molar-refractivity contribution in [3.63, 3.8) is 0 Å². The van der Waals surface area contributed by atoms with Gasteiger partial charge in [-0.05, 0) is 18.2 Å². The molecule has 66 valence electrons. The van der Waals surface area contributed by atoms with Gasteiger partial charge in [0.1, 0.15) is 5.82 Å². The van der Waals surface area contributed by atoms with Crippen molar-refractivity contribution in [1.29, 1.82) is 0 Å². The highest BCUT2D eigenvalue weighted by atomic mass is 79.9. The number of fused-ring (bicyclic) bond motifs is 1. The molecule has 1 aromatic carbocycles. The van der Waals surface area contributed by atoms with Gasteiger partial charge in [0.15, 0.2) is 0 Å². The van der Waals surface area contributed by atoms with Crippen LogP contribution in [0.2, 0.25) is 0 Å². The molecule has 0 aliphatic rings. The number of pyridine rings is 1. The third kappa shape index (κ3) is 1.84. The van der Waals surface area contributed by atoms with E-state index in [9.17, 15) is 0 Å². The number of benzene rings is 1. The fourth-order valence-corrected chi connectivity index (χ4v) is 1.54. The highest BCUT2D eigenvalue weighted by Crippen LogP contribution is 2.22. The SMILES string of the molecule is BrN(Br)c1ccc2ccccc2n1. The molecule has 0 unspecified atom stereocenters. The summed E-state index contributed by atoms with van der Waals surface area (Å²) in [7, 11) is 0. The van der Waals surface area contributed by atoms with Gasteiger partial charge in [0.05, 0.1) is 37.8 Å². The monoisotopic (exact) mass is 300 g/mol. The first-order valence-corrected chi connectivity index (χ1v) is 5.17. The normalized spacial score (nSPS) is 10.3. The van der Waals surface area contributed by atoms with Crippen molar-refractivity contribution in [3.8, 4) is 0 Å². The maximum atomic E-state index is 4.41. The third-order valence-electron chi connectivity index (χ3n) is 1.76. The van der Waals surface area contributed by atoms with Gasteiger partial charge in [-0.15, -0.1) is 0 Å². The van der Waals surface area contributed by atoms with Crippen LogP contribution >= 0.6 is 32.3 Å². The summed E-state index contributed by atoms with van der Waals surface area (Å²) in [6, 6.07) is 12.0. The Hall–Kier alpha value is -0.610. The summed E-state index contributed by atoms with van der Waals surface area (Å²) in [5, 5.41) is 1.15. The van der Waals surface area contributed by atoms with E-state index in [2.05, 4.69) is 37.3 Å². The molecular formula is C9H6Br2N2. The van der Waals surface area contributed by atoms with Crippen molar-refractivity contribution >= 4 is 49.0 Å². The number of halogens is 2. The Morgan fingerprint density at radius 2 is 1.77 bits per heavy atom. The fourth-order valence-electron chi connectivity index (χ4n) is 1.15. The summed E-state index contributed by atoms with van der Waals surface area (Å²) in [6.07, 6.45) is 0. The van der Waals surface area contributed by atoms with E-state index in [1.54, 1.807) is 2.95 Å². The summed E-state index contributed by atoms with van der Waals surface area (Å²) < 4.78 is 1.63. The lowest BCUT2D eigenvalue weighted by atomic mass is 10.2. The summed E-state index contributed by atoms with van der Waals surface area (Å²) >= 11 is 6.51. The maximum absolute atomic E-state index is 4.41. The Morgan fingerprint density at radius 1 is 1.00 bits per heavy atom. The zero-order valence-corrected chi connectivity index (χ0v) is 9.79. The molecule has 0 aliphatic carbocycles. The topological polar surface area (TPSA) is 16.1 Å². The molecule has 1 heterocycles. The predicted molar refractivity (Wildman–Crippen MR) is 62.1 cm³/mol. The molecule has 0 spiro atoms. The first-order valence-electron chi connectivity index (χ1n) is 3.75. The van der Waals surface area contributed by atoms with Gasteiger partial charge in [-0.1, -0.05) is 18.2 Å². The van der Waals surface area contributed by atoms with Gasteiger partial charge in [0.2, 0.25) is 0 Å². The Labute approximate surface area is 93.2 Å². The highest BCUT2D eigenvalue weighted by Gasteiger charge is 2.00. The minimum Gasteiger partial charge on any atom is -0.229 e. The lowest BCUT2D eigenvalue weighted by molar-refractivity contribution is 1.39. The Kier molecular flexibility index (Phi) is 2.51.